The Hall–Kier alpha value is -3.63. The molecule has 162 valence electrons. The Morgan fingerprint density at radius 2 is 1.81 bits per heavy atom. The van der Waals surface area contributed by atoms with Crippen LogP contribution in [0.3, 0.4) is 0 Å². The second-order valence-corrected chi connectivity index (χ2v) is 7.59. The summed E-state index contributed by atoms with van der Waals surface area (Å²) in [6, 6.07) is 20.1. The Balaban J connectivity index is 1.77. The van der Waals surface area contributed by atoms with Crippen molar-refractivity contribution in [1.29, 1.82) is 5.26 Å². The summed E-state index contributed by atoms with van der Waals surface area (Å²) in [6.07, 6.45) is 1.47. The van der Waals surface area contributed by atoms with Gasteiger partial charge in [0.25, 0.3) is 5.91 Å². The lowest BCUT2D eigenvalue weighted by molar-refractivity contribution is -0.112. The molecule has 1 N–H and O–H groups in total. The van der Waals surface area contributed by atoms with Crippen LogP contribution in [0.25, 0.3) is 6.08 Å². The van der Waals surface area contributed by atoms with Gasteiger partial charge in [-0.1, -0.05) is 28.1 Å². The minimum absolute atomic E-state index is 0.0800. The molecule has 7 heteroatoms. The highest BCUT2D eigenvalue weighted by atomic mass is 79.9. The predicted molar refractivity (Wildman–Crippen MR) is 125 cm³/mol. The zero-order chi connectivity index (χ0) is 22.9. The molecule has 0 bridgehead atoms. The van der Waals surface area contributed by atoms with Crippen LogP contribution in [-0.2, 0) is 11.4 Å². The van der Waals surface area contributed by atoms with Gasteiger partial charge in [0.05, 0.1) is 6.61 Å². The van der Waals surface area contributed by atoms with Crippen LogP contribution in [0.2, 0.25) is 0 Å². The third kappa shape index (κ3) is 6.43. The molecule has 0 spiro atoms. The Labute approximate surface area is 194 Å². The number of rotatable bonds is 8. The molecule has 0 fully saturated rings. The normalized spacial score (nSPS) is 10.9. The van der Waals surface area contributed by atoms with Gasteiger partial charge in [0.15, 0.2) is 0 Å². The number of hydrogen-bond acceptors (Lipinski definition) is 4. The summed E-state index contributed by atoms with van der Waals surface area (Å²) in [4.78, 5) is 12.6. The standard InChI is InChI=1S/C25H20BrFN2O3/c1-2-31-23-10-8-22(9-11-23)29-25(30)19(15-28)13-18-14-20(26)5-12-24(18)32-16-17-3-6-21(27)7-4-17/h3-14H,2,16H2,1H3,(H,29,30)/b19-13+. The highest BCUT2D eigenvalue weighted by Crippen LogP contribution is 2.27. The molecule has 0 aromatic heterocycles. The summed E-state index contributed by atoms with van der Waals surface area (Å²) in [5, 5.41) is 12.3. The van der Waals surface area contributed by atoms with Crippen LogP contribution in [-0.4, -0.2) is 12.5 Å². The van der Waals surface area contributed by atoms with Gasteiger partial charge in [-0.3, -0.25) is 4.79 Å². The minimum Gasteiger partial charge on any atom is -0.494 e. The number of carbonyl (C=O) groups is 1. The number of nitrogens with one attached hydrogen (secondary N) is 1. The lowest BCUT2D eigenvalue weighted by Crippen LogP contribution is -2.13. The SMILES string of the molecule is CCOc1ccc(NC(=O)/C(C#N)=C/c2cc(Br)ccc2OCc2ccc(F)cc2)cc1. The van der Waals surface area contributed by atoms with Crippen LogP contribution >= 0.6 is 15.9 Å². The molecule has 0 aliphatic rings. The smallest absolute Gasteiger partial charge is 0.266 e. The lowest BCUT2D eigenvalue weighted by atomic mass is 10.1. The number of nitriles is 1. The monoisotopic (exact) mass is 494 g/mol. The van der Waals surface area contributed by atoms with E-state index in [0.717, 1.165) is 10.0 Å². The number of anilines is 1. The average Bonchev–Trinajstić information content (AvgIpc) is 2.79. The molecule has 0 aliphatic heterocycles. The summed E-state index contributed by atoms with van der Waals surface area (Å²) in [5.41, 5.74) is 1.81. The first-order chi connectivity index (χ1) is 15.5. The summed E-state index contributed by atoms with van der Waals surface area (Å²) in [5.74, 6) is 0.317. The maximum Gasteiger partial charge on any atom is 0.266 e. The van der Waals surface area contributed by atoms with Crippen LogP contribution in [0.1, 0.15) is 18.1 Å². The predicted octanol–water partition coefficient (Wildman–Crippen LogP) is 6.11. The number of halogens is 2. The van der Waals surface area contributed by atoms with Gasteiger partial charge in [-0.05, 0) is 73.2 Å². The van der Waals surface area contributed by atoms with E-state index < -0.39 is 5.91 Å². The molecule has 0 unspecified atom stereocenters. The molecule has 1 amide bonds. The highest BCUT2D eigenvalue weighted by molar-refractivity contribution is 9.10. The largest absolute Gasteiger partial charge is 0.494 e. The van der Waals surface area contributed by atoms with Gasteiger partial charge in [-0.15, -0.1) is 0 Å². The van der Waals surface area contributed by atoms with E-state index in [2.05, 4.69) is 21.2 Å². The number of hydrogen-bond donors (Lipinski definition) is 1. The molecule has 0 saturated carbocycles. The minimum atomic E-state index is -0.541. The number of nitrogens with zero attached hydrogens (tertiary/aromatic N) is 1. The van der Waals surface area contributed by atoms with Crippen molar-refractivity contribution in [2.24, 2.45) is 0 Å². The number of carbonyl (C=O) groups excluding carboxylic acids is 1. The van der Waals surface area contributed by atoms with Crippen molar-refractivity contribution >= 4 is 33.6 Å². The van der Waals surface area contributed by atoms with E-state index in [0.29, 0.717) is 29.4 Å². The van der Waals surface area contributed by atoms with Gasteiger partial charge >= 0.3 is 0 Å². The molecule has 3 aromatic carbocycles. The fourth-order valence-corrected chi connectivity index (χ4v) is 3.19. The number of amides is 1. The van der Waals surface area contributed by atoms with Gasteiger partial charge in [0, 0.05) is 15.7 Å². The summed E-state index contributed by atoms with van der Waals surface area (Å²) < 4.78 is 25.1. The molecule has 0 aliphatic carbocycles. The third-order valence-electron chi connectivity index (χ3n) is 4.37. The fourth-order valence-electron chi connectivity index (χ4n) is 2.81. The zero-order valence-corrected chi connectivity index (χ0v) is 18.9. The van der Waals surface area contributed by atoms with Crippen molar-refractivity contribution in [2.45, 2.75) is 13.5 Å². The fraction of sp³-hybridized carbons (Fsp3) is 0.120. The van der Waals surface area contributed by atoms with Crippen molar-refractivity contribution < 1.29 is 18.7 Å². The Kier molecular flexibility index (Phi) is 8.01. The maximum absolute atomic E-state index is 13.1. The summed E-state index contributed by atoms with van der Waals surface area (Å²) in [6.45, 7) is 2.65. The highest BCUT2D eigenvalue weighted by Gasteiger charge is 2.12. The van der Waals surface area contributed by atoms with Crippen LogP contribution in [0.15, 0.2) is 76.8 Å². The van der Waals surface area contributed by atoms with E-state index in [-0.39, 0.29) is 18.0 Å². The second-order valence-electron chi connectivity index (χ2n) is 6.68. The molecule has 0 atom stereocenters. The van der Waals surface area contributed by atoms with Crippen molar-refractivity contribution in [1.82, 2.24) is 0 Å². The lowest BCUT2D eigenvalue weighted by Gasteiger charge is -2.11. The molecule has 3 aromatic rings. The van der Waals surface area contributed by atoms with Crippen LogP contribution < -0.4 is 14.8 Å². The van der Waals surface area contributed by atoms with Gasteiger partial charge in [0.1, 0.15) is 35.6 Å². The zero-order valence-electron chi connectivity index (χ0n) is 17.3. The van der Waals surface area contributed by atoms with Crippen LogP contribution in [0.4, 0.5) is 10.1 Å². The van der Waals surface area contributed by atoms with Crippen molar-refractivity contribution in [2.75, 3.05) is 11.9 Å². The van der Waals surface area contributed by atoms with Crippen molar-refractivity contribution in [3.05, 3.63) is 93.7 Å². The topological polar surface area (TPSA) is 71.3 Å². The van der Waals surface area contributed by atoms with Gasteiger partial charge in [-0.2, -0.15) is 5.26 Å². The first-order valence-corrected chi connectivity index (χ1v) is 10.6. The van der Waals surface area contributed by atoms with E-state index in [1.807, 2.05) is 13.0 Å². The van der Waals surface area contributed by atoms with Crippen molar-refractivity contribution in [3.8, 4) is 17.6 Å². The van der Waals surface area contributed by atoms with E-state index in [1.54, 1.807) is 54.6 Å². The van der Waals surface area contributed by atoms with Crippen molar-refractivity contribution in [3.63, 3.8) is 0 Å². The van der Waals surface area contributed by atoms with E-state index in [9.17, 15) is 14.4 Å². The number of ether oxygens (including phenoxy) is 2. The summed E-state index contributed by atoms with van der Waals surface area (Å²) in [7, 11) is 0. The second kappa shape index (κ2) is 11.1. The maximum atomic E-state index is 13.1. The van der Waals surface area contributed by atoms with E-state index in [4.69, 9.17) is 9.47 Å². The van der Waals surface area contributed by atoms with Crippen LogP contribution in [0, 0.1) is 17.1 Å². The van der Waals surface area contributed by atoms with Crippen LogP contribution in [0.5, 0.6) is 11.5 Å². The molecule has 0 heterocycles. The molecular weight excluding hydrogens is 475 g/mol. The van der Waals surface area contributed by atoms with Gasteiger partial charge in [-0.25, -0.2) is 4.39 Å². The third-order valence-corrected chi connectivity index (χ3v) is 4.86. The molecule has 0 radical (unpaired) electrons. The molecular formula is C25H20BrFN2O3. The Morgan fingerprint density at radius 3 is 2.47 bits per heavy atom. The number of benzene rings is 3. The van der Waals surface area contributed by atoms with Gasteiger partial charge in [0.2, 0.25) is 0 Å². The first-order valence-electron chi connectivity index (χ1n) is 9.81. The first kappa shape index (κ1) is 23.0. The van der Waals surface area contributed by atoms with E-state index in [1.165, 1.54) is 18.2 Å². The van der Waals surface area contributed by atoms with Gasteiger partial charge < -0.3 is 14.8 Å². The molecule has 32 heavy (non-hydrogen) atoms. The Morgan fingerprint density at radius 1 is 1.09 bits per heavy atom. The molecule has 5 nitrogen and oxygen atoms in total. The molecule has 0 saturated heterocycles. The molecule has 3 rings (SSSR count). The average molecular weight is 495 g/mol. The van der Waals surface area contributed by atoms with E-state index >= 15 is 0 Å². The summed E-state index contributed by atoms with van der Waals surface area (Å²) >= 11 is 3.40. The Bertz CT molecular complexity index is 1150. The quantitative estimate of drug-likeness (QED) is 0.302.